The fourth-order valence-electron chi connectivity index (χ4n) is 1.03. The number of rotatable bonds is 3. The van der Waals surface area contributed by atoms with Gasteiger partial charge in [0.05, 0.1) is 4.70 Å². The Hall–Kier alpha value is -0.130. The Balaban J connectivity index is 2.32. The van der Waals surface area contributed by atoms with Crippen LogP contribution < -0.4 is 0 Å². The van der Waals surface area contributed by atoms with Crippen LogP contribution in [-0.4, -0.2) is 15.7 Å². The molecule has 0 bridgehead atoms. The summed E-state index contributed by atoms with van der Waals surface area (Å²) in [6.45, 7) is 2.18. The van der Waals surface area contributed by atoms with Crippen LogP contribution in [0.5, 0.6) is 0 Å². The van der Waals surface area contributed by atoms with Crippen molar-refractivity contribution in [3.8, 4) is 0 Å². The van der Waals surface area contributed by atoms with Gasteiger partial charge in [0.25, 0.3) is 0 Å². The van der Waals surface area contributed by atoms with Crippen LogP contribution in [0.2, 0.25) is 0 Å². The molecule has 2 nitrogen and oxygen atoms in total. The Morgan fingerprint density at radius 3 is 3.21 bits per heavy atom. The lowest BCUT2D eigenvalue weighted by molar-refractivity contribution is 1.10. The van der Waals surface area contributed by atoms with Crippen LogP contribution in [0.3, 0.4) is 0 Å². The average molecular weight is 289 g/mol. The maximum Gasteiger partial charge on any atom is 0.171 e. The van der Waals surface area contributed by atoms with E-state index in [-0.39, 0.29) is 0 Å². The van der Waals surface area contributed by atoms with Crippen molar-refractivity contribution in [2.75, 3.05) is 5.75 Å². The van der Waals surface area contributed by atoms with Gasteiger partial charge in [-0.1, -0.05) is 18.7 Å². The quantitative estimate of drug-likeness (QED) is 0.800. The minimum atomic E-state index is 0.858. The van der Waals surface area contributed by atoms with Gasteiger partial charge >= 0.3 is 0 Å². The largest absolute Gasteiger partial charge is 0.235 e. The summed E-state index contributed by atoms with van der Waals surface area (Å²) in [5, 5.41) is 0. The summed E-state index contributed by atoms with van der Waals surface area (Å²) < 4.78 is 3.28. The Morgan fingerprint density at radius 1 is 1.57 bits per heavy atom. The second kappa shape index (κ2) is 4.59. The maximum atomic E-state index is 4.44. The monoisotopic (exact) mass is 288 g/mol. The predicted octanol–water partition coefficient (Wildman–Crippen LogP) is 3.96. The van der Waals surface area contributed by atoms with Crippen molar-refractivity contribution in [2.45, 2.75) is 17.7 Å². The summed E-state index contributed by atoms with van der Waals surface area (Å²) in [4.78, 5) is 8.69. The predicted molar refractivity (Wildman–Crippen MR) is 66.1 cm³/mol. The third-order valence-corrected chi connectivity index (χ3v) is 4.40. The molecule has 74 valence electrons. The summed E-state index contributed by atoms with van der Waals surface area (Å²) in [6, 6.07) is 2.07. The number of fused-ring (bicyclic) bond motifs is 1. The van der Waals surface area contributed by atoms with Crippen molar-refractivity contribution in [3.05, 3.63) is 16.7 Å². The fourth-order valence-corrected chi connectivity index (χ4v) is 3.49. The molecule has 0 amide bonds. The summed E-state index contributed by atoms with van der Waals surface area (Å²) >= 11 is 6.92. The average Bonchev–Trinajstić information content (AvgIpc) is 2.56. The molecule has 0 N–H and O–H groups in total. The number of hydrogen-bond donors (Lipinski definition) is 0. The lowest BCUT2D eigenvalue weighted by Crippen LogP contribution is -1.76. The number of hydrogen-bond acceptors (Lipinski definition) is 4. The number of aromatic nitrogens is 2. The van der Waals surface area contributed by atoms with Gasteiger partial charge in [0.15, 0.2) is 9.99 Å². The first kappa shape index (κ1) is 10.4. The number of nitrogens with zero attached hydrogens (tertiary/aromatic N) is 2. The molecule has 2 rings (SSSR count). The van der Waals surface area contributed by atoms with Crippen LogP contribution in [0.25, 0.3) is 10.3 Å². The van der Waals surface area contributed by atoms with Gasteiger partial charge in [-0.2, -0.15) is 0 Å². The summed E-state index contributed by atoms with van der Waals surface area (Å²) in [7, 11) is 0. The van der Waals surface area contributed by atoms with Crippen molar-refractivity contribution in [2.24, 2.45) is 0 Å². The molecule has 0 aliphatic carbocycles. The first-order valence-corrected chi connectivity index (χ1v) is 6.94. The lowest BCUT2D eigenvalue weighted by atomic mass is 10.5. The number of thiazole rings is 1. The standard InChI is InChI=1S/C9H9BrN2S2/c1-2-3-13-9-12-8-7(14-9)4-6(10)5-11-8/h4-5H,2-3H2,1H3. The molecule has 2 aromatic rings. The normalized spacial score (nSPS) is 11.0. The molecule has 0 fully saturated rings. The molecule has 0 saturated heterocycles. The minimum Gasteiger partial charge on any atom is -0.235 e. The third-order valence-electron chi connectivity index (χ3n) is 1.62. The molecule has 0 aromatic carbocycles. The highest BCUT2D eigenvalue weighted by Crippen LogP contribution is 2.30. The van der Waals surface area contributed by atoms with Gasteiger partial charge in [0.2, 0.25) is 0 Å². The topological polar surface area (TPSA) is 25.8 Å². The summed E-state index contributed by atoms with van der Waals surface area (Å²) in [5.41, 5.74) is 0.858. The smallest absolute Gasteiger partial charge is 0.171 e. The van der Waals surface area contributed by atoms with E-state index in [2.05, 4.69) is 38.9 Å². The Bertz CT molecular complexity index is 441. The second-order valence-electron chi connectivity index (χ2n) is 2.80. The fraction of sp³-hybridized carbons (Fsp3) is 0.333. The highest BCUT2D eigenvalue weighted by Gasteiger charge is 2.04. The molecule has 0 spiro atoms. The van der Waals surface area contributed by atoms with Gasteiger partial charge in [-0.3, -0.25) is 0 Å². The highest BCUT2D eigenvalue weighted by molar-refractivity contribution is 9.10. The third kappa shape index (κ3) is 2.27. The van der Waals surface area contributed by atoms with Gasteiger partial charge < -0.3 is 0 Å². The zero-order chi connectivity index (χ0) is 9.97. The Labute approximate surface area is 99.3 Å². The van der Waals surface area contributed by atoms with E-state index in [1.807, 2.05) is 0 Å². The number of pyridine rings is 1. The van der Waals surface area contributed by atoms with E-state index in [1.165, 1.54) is 6.42 Å². The van der Waals surface area contributed by atoms with E-state index in [0.29, 0.717) is 0 Å². The maximum absolute atomic E-state index is 4.44. The molecule has 0 radical (unpaired) electrons. The van der Waals surface area contributed by atoms with Gasteiger partial charge in [-0.15, -0.1) is 11.3 Å². The van der Waals surface area contributed by atoms with E-state index in [1.54, 1.807) is 29.3 Å². The summed E-state index contributed by atoms with van der Waals surface area (Å²) in [5.74, 6) is 1.13. The van der Waals surface area contributed by atoms with Gasteiger partial charge in [0.1, 0.15) is 0 Å². The zero-order valence-corrected chi connectivity index (χ0v) is 10.9. The van der Waals surface area contributed by atoms with Crippen LogP contribution in [0.15, 0.2) is 21.1 Å². The Morgan fingerprint density at radius 2 is 2.43 bits per heavy atom. The molecule has 0 saturated carbocycles. The second-order valence-corrected chi connectivity index (χ2v) is 6.09. The minimum absolute atomic E-state index is 0.858. The van der Waals surface area contributed by atoms with Gasteiger partial charge in [-0.05, 0) is 28.4 Å². The van der Waals surface area contributed by atoms with Crippen LogP contribution in [-0.2, 0) is 0 Å². The van der Waals surface area contributed by atoms with Crippen molar-refractivity contribution < 1.29 is 0 Å². The Kier molecular flexibility index (Phi) is 3.41. The molecule has 0 unspecified atom stereocenters. The SMILES string of the molecule is CCCSc1nc2ncc(Br)cc2s1. The molecule has 2 aromatic heterocycles. The molecule has 0 aliphatic heterocycles. The van der Waals surface area contributed by atoms with E-state index in [9.17, 15) is 0 Å². The number of halogens is 1. The molecular formula is C9H9BrN2S2. The van der Waals surface area contributed by atoms with Crippen LogP contribution >= 0.6 is 39.0 Å². The van der Waals surface area contributed by atoms with Crippen LogP contribution in [0.1, 0.15) is 13.3 Å². The van der Waals surface area contributed by atoms with Crippen molar-refractivity contribution in [3.63, 3.8) is 0 Å². The van der Waals surface area contributed by atoms with Crippen molar-refractivity contribution >= 4 is 49.4 Å². The highest BCUT2D eigenvalue weighted by atomic mass is 79.9. The van der Waals surface area contributed by atoms with Gasteiger partial charge in [0, 0.05) is 16.4 Å². The van der Waals surface area contributed by atoms with Crippen molar-refractivity contribution in [1.29, 1.82) is 0 Å². The van der Waals surface area contributed by atoms with Crippen molar-refractivity contribution in [1.82, 2.24) is 9.97 Å². The first-order valence-electron chi connectivity index (χ1n) is 4.34. The molecule has 0 atom stereocenters. The number of thioether (sulfide) groups is 1. The summed E-state index contributed by atoms with van der Waals surface area (Å²) in [6.07, 6.45) is 2.97. The van der Waals surface area contributed by atoms with Crippen LogP contribution in [0.4, 0.5) is 0 Å². The molecule has 0 aliphatic rings. The molecular weight excluding hydrogens is 280 g/mol. The molecule has 2 heterocycles. The molecule has 5 heteroatoms. The lowest BCUT2D eigenvalue weighted by Gasteiger charge is -1.89. The van der Waals surface area contributed by atoms with E-state index in [4.69, 9.17) is 0 Å². The van der Waals surface area contributed by atoms with E-state index >= 15 is 0 Å². The van der Waals surface area contributed by atoms with Crippen LogP contribution in [0, 0.1) is 0 Å². The molecule has 14 heavy (non-hydrogen) atoms. The zero-order valence-electron chi connectivity index (χ0n) is 7.66. The van der Waals surface area contributed by atoms with E-state index in [0.717, 1.165) is 24.9 Å². The van der Waals surface area contributed by atoms with Gasteiger partial charge in [-0.25, -0.2) is 9.97 Å². The first-order chi connectivity index (χ1) is 6.79. The van der Waals surface area contributed by atoms with E-state index < -0.39 is 0 Å².